The predicted octanol–water partition coefficient (Wildman–Crippen LogP) is 2.15. The highest BCUT2D eigenvalue weighted by molar-refractivity contribution is 5.94. The second-order valence-corrected chi connectivity index (χ2v) is 4.94. The van der Waals surface area contributed by atoms with Crippen molar-refractivity contribution in [2.24, 2.45) is 5.92 Å². The maximum atomic E-state index is 12.2. The van der Waals surface area contributed by atoms with Gasteiger partial charge in [-0.1, -0.05) is 31.8 Å². The first-order chi connectivity index (χ1) is 9.04. The Morgan fingerprint density at radius 1 is 1.42 bits per heavy atom. The average Bonchev–Trinajstić information content (AvgIpc) is 2.38. The van der Waals surface area contributed by atoms with Gasteiger partial charge in [0.25, 0.3) is 5.91 Å². The number of hydrogen-bond acceptors (Lipinski definition) is 2. The minimum absolute atomic E-state index is 0.0134. The topological polar surface area (TPSA) is 40.5 Å². The van der Waals surface area contributed by atoms with Crippen LogP contribution in [0.1, 0.15) is 36.2 Å². The molecule has 1 aromatic rings. The lowest BCUT2D eigenvalue weighted by Gasteiger charge is -2.19. The molecule has 1 aromatic carbocycles. The maximum Gasteiger partial charge on any atom is 0.253 e. The van der Waals surface area contributed by atoms with Crippen molar-refractivity contribution in [2.75, 3.05) is 20.2 Å². The first-order valence-electron chi connectivity index (χ1n) is 6.50. The molecule has 0 aliphatic carbocycles. The molecule has 3 nitrogen and oxygen atoms in total. The number of carbonyl (C=O) groups is 1. The van der Waals surface area contributed by atoms with Crippen LogP contribution in [0.2, 0.25) is 0 Å². The van der Waals surface area contributed by atoms with Crippen molar-refractivity contribution in [3.63, 3.8) is 0 Å². The molecule has 0 unspecified atom stereocenters. The van der Waals surface area contributed by atoms with Crippen LogP contribution in [0.5, 0.6) is 0 Å². The van der Waals surface area contributed by atoms with E-state index in [1.807, 2.05) is 19.2 Å². The number of aliphatic hydroxyl groups excluding tert-OH is 1. The van der Waals surface area contributed by atoms with Gasteiger partial charge in [-0.05, 0) is 24.1 Å². The van der Waals surface area contributed by atoms with Gasteiger partial charge in [-0.25, -0.2) is 0 Å². The molecule has 3 heteroatoms. The quantitative estimate of drug-likeness (QED) is 0.842. The molecule has 0 saturated heterocycles. The highest BCUT2D eigenvalue weighted by Crippen LogP contribution is 2.08. The zero-order valence-electron chi connectivity index (χ0n) is 11.8. The molecule has 102 valence electrons. The SMILES string of the molecule is CC(C)CN(C)C(=O)c1cccc(C#CCCO)c1. The zero-order chi connectivity index (χ0) is 14.3. The van der Waals surface area contributed by atoms with Crippen LogP contribution < -0.4 is 0 Å². The van der Waals surface area contributed by atoms with E-state index in [1.165, 1.54) is 0 Å². The molecule has 1 amide bonds. The Morgan fingerprint density at radius 2 is 2.16 bits per heavy atom. The Hall–Kier alpha value is -1.79. The fourth-order valence-corrected chi connectivity index (χ4v) is 1.80. The Bertz CT molecular complexity index is 483. The normalized spacial score (nSPS) is 9.95. The lowest BCUT2D eigenvalue weighted by atomic mass is 10.1. The van der Waals surface area contributed by atoms with Crippen molar-refractivity contribution in [1.29, 1.82) is 0 Å². The number of rotatable bonds is 4. The number of amides is 1. The van der Waals surface area contributed by atoms with Crippen LogP contribution in [0.15, 0.2) is 24.3 Å². The van der Waals surface area contributed by atoms with Crippen molar-refractivity contribution in [1.82, 2.24) is 4.90 Å². The Morgan fingerprint density at radius 3 is 2.79 bits per heavy atom. The molecular weight excluding hydrogens is 238 g/mol. The maximum absolute atomic E-state index is 12.2. The van der Waals surface area contributed by atoms with E-state index in [9.17, 15) is 4.79 Å². The molecule has 0 aromatic heterocycles. The van der Waals surface area contributed by atoms with Gasteiger partial charge >= 0.3 is 0 Å². The van der Waals surface area contributed by atoms with Crippen LogP contribution in [0, 0.1) is 17.8 Å². The molecule has 0 aliphatic rings. The first kappa shape index (κ1) is 15.3. The van der Waals surface area contributed by atoms with Crippen molar-refractivity contribution in [3.05, 3.63) is 35.4 Å². The van der Waals surface area contributed by atoms with Gasteiger partial charge in [-0.15, -0.1) is 0 Å². The summed E-state index contributed by atoms with van der Waals surface area (Å²) in [6.45, 7) is 4.96. The molecule has 0 spiro atoms. The molecule has 1 N–H and O–H groups in total. The monoisotopic (exact) mass is 259 g/mol. The number of benzene rings is 1. The summed E-state index contributed by atoms with van der Waals surface area (Å²) in [5, 5.41) is 8.68. The third-order valence-electron chi connectivity index (χ3n) is 2.56. The third kappa shape index (κ3) is 5.15. The van der Waals surface area contributed by atoms with Crippen LogP contribution in [0.25, 0.3) is 0 Å². The van der Waals surface area contributed by atoms with Gasteiger partial charge in [0.2, 0.25) is 0 Å². The Balaban J connectivity index is 2.82. The van der Waals surface area contributed by atoms with Gasteiger partial charge in [-0.3, -0.25) is 4.79 Å². The molecular formula is C16H21NO2. The smallest absolute Gasteiger partial charge is 0.253 e. The van der Waals surface area contributed by atoms with Crippen LogP contribution in [0.4, 0.5) is 0 Å². The number of aliphatic hydroxyl groups is 1. The summed E-state index contributed by atoms with van der Waals surface area (Å²) in [6.07, 6.45) is 0.450. The van der Waals surface area contributed by atoms with Gasteiger partial charge in [0, 0.05) is 31.1 Å². The second kappa shape index (κ2) is 7.60. The van der Waals surface area contributed by atoms with Crippen molar-refractivity contribution >= 4 is 5.91 Å². The largest absolute Gasteiger partial charge is 0.395 e. The van der Waals surface area contributed by atoms with E-state index >= 15 is 0 Å². The Labute approximate surface area is 115 Å². The van der Waals surface area contributed by atoms with E-state index < -0.39 is 0 Å². The van der Waals surface area contributed by atoms with Gasteiger partial charge < -0.3 is 10.0 Å². The summed E-state index contributed by atoms with van der Waals surface area (Å²) in [7, 11) is 1.81. The fourth-order valence-electron chi connectivity index (χ4n) is 1.80. The molecule has 0 aliphatic heterocycles. The van der Waals surface area contributed by atoms with Gasteiger partial charge in [0.05, 0.1) is 6.61 Å². The van der Waals surface area contributed by atoms with Gasteiger partial charge in [0.15, 0.2) is 0 Å². The molecule has 1 rings (SSSR count). The van der Waals surface area contributed by atoms with Gasteiger partial charge in [-0.2, -0.15) is 0 Å². The summed E-state index contributed by atoms with van der Waals surface area (Å²) >= 11 is 0. The van der Waals surface area contributed by atoms with Crippen LogP contribution >= 0.6 is 0 Å². The van der Waals surface area contributed by atoms with E-state index in [0.29, 0.717) is 17.9 Å². The van der Waals surface area contributed by atoms with E-state index in [0.717, 1.165) is 12.1 Å². The van der Waals surface area contributed by atoms with Crippen LogP contribution in [-0.4, -0.2) is 36.1 Å². The van der Waals surface area contributed by atoms with Crippen molar-refractivity contribution in [3.8, 4) is 11.8 Å². The summed E-state index contributed by atoms with van der Waals surface area (Å²) in [5.74, 6) is 6.25. The van der Waals surface area contributed by atoms with Crippen molar-refractivity contribution in [2.45, 2.75) is 20.3 Å². The van der Waals surface area contributed by atoms with Crippen LogP contribution in [-0.2, 0) is 0 Å². The molecule has 0 saturated carbocycles. The minimum atomic E-state index is 0.0134. The predicted molar refractivity (Wildman–Crippen MR) is 76.8 cm³/mol. The van der Waals surface area contributed by atoms with E-state index in [1.54, 1.807) is 17.0 Å². The Kier molecular flexibility index (Phi) is 6.11. The second-order valence-electron chi connectivity index (χ2n) is 4.94. The van der Waals surface area contributed by atoms with Crippen molar-refractivity contribution < 1.29 is 9.90 Å². The van der Waals surface area contributed by atoms with E-state index in [-0.39, 0.29) is 12.5 Å². The molecule has 0 radical (unpaired) electrons. The highest BCUT2D eigenvalue weighted by atomic mass is 16.2. The summed E-state index contributed by atoms with van der Waals surface area (Å²) in [5.41, 5.74) is 1.45. The minimum Gasteiger partial charge on any atom is -0.395 e. The summed E-state index contributed by atoms with van der Waals surface area (Å²) < 4.78 is 0. The standard InChI is InChI=1S/C16H21NO2/c1-13(2)12-17(3)16(19)15-9-6-8-14(11-15)7-4-5-10-18/h6,8-9,11,13,18H,5,10,12H2,1-3H3. The summed E-state index contributed by atoms with van der Waals surface area (Å²) in [6, 6.07) is 7.29. The van der Waals surface area contributed by atoms with E-state index in [2.05, 4.69) is 25.7 Å². The lowest BCUT2D eigenvalue weighted by Crippen LogP contribution is -2.30. The zero-order valence-corrected chi connectivity index (χ0v) is 11.8. The summed E-state index contributed by atoms with van der Waals surface area (Å²) in [4.78, 5) is 13.9. The number of carbonyl (C=O) groups excluding carboxylic acids is 1. The average molecular weight is 259 g/mol. The first-order valence-corrected chi connectivity index (χ1v) is 6.50. The molecule has 19 heavy (non-hydrogen) atoms. The molecule has 0 heterocycles. The highest BCUT2D eigenvalue weighted by Gasteiger charge is 2.12. The molecule has 0 fully saturated rings. The number of hydrogen-bond donors (Lipinski definition) is 1. The van der Waals surface area contributed by atoms with Crippen LogP contribution in [0.3, 0.4) is 0 Å². The van der Waals surface area contributed by atoms with E-state index in [4.69, 9.17) is 5.11 Å². The van der Waals surface area contributed by atoms with Gasteiger partial charge in [0.1, 0.15) is 0 Å². The number of nitrogens with zero attached hydrogens (tertiary/aromatic N) is 1. The third-order valence-corrected chi connectivity index (χ3v) is 2.56. The lowest BCUT2D eigenvalue weighted by molar-refractivity contribution is 0.0779. The fraction of sp³-hybridized carbons (Fsp3) is 0.438. The molecule has 0 atom stereocenters. The molecule has 0 bridgehead atoms.